The Morgan fingerprint density at radius 2 is 1.72 bits per heavy atom. The molecule has 32 heavy (non-hydrogen) atoms. The van der Waals surface area contributed by atoms with E-state index in [4.69, 9.17) is 37.1 Å². The van der Waals surface area contributed by atoms with Crippen LogP contribution < -0.4 is 10.2 Å². The number of rotatable bonds is 5. The molecular weight excluding hydrogens is 451 g/mol. The number of benzene rings is 3. The van der Waals surface area contributed by atoms with Gasteiger partial charge in [0.05, 0.1) is 23.1 Å². The fraction of sp³-hybridized carbons (Fsp3) is 0.120. The number of hydrogen-bond acceptors (Lipinski definition) is 5. The summed E-state index contributed by atoms with van der Waals surface area (Å²) in [6.45, 7) is 1.91. The molecular formula is C25H18Cl2O5. The van der Waals surface area contributed by atoms with Gasteiger partial charge in [-0.3, -0.25) is 4.79 Å². The lowest BCUT2D eigenvalue weighted by molar-refractivity contribution is 0.0600. The van der Waals surface area contributed by atoms with Crippen LogP contribution in [0.2, 0.25) is 10.0 Å². The molecule has 4 rings (SSSR count). The van der Waals surface area contributed by atoms with E-state index in [1.165, 1.54) is 7.11 Å². The summed E-state index contributed by atoms with van der Waals surface area (Å²) in [4.78, 5) is 25.0. The second-order valence-corrected chi connectivity index (χ2v) is 7.96. The second-order valence-electron chi connectivity index (χ2n) is 7.14. The maximum absolute atomic E-state index is 13.4. The van der Waals surface area contributed by atoms with Crippen LogP contribution in [0.4, 0.5) is 0 Å². The first-order chi connectivity index (χ1) is 15.4. The minimum atomic E-state index is -0.430. The normalized spacial score (nSPS) is 10.9. The number of halogens is 2. The van der Waals surface area contributed by atoms with E-state index in [0.717, 1.165) is 11.1 Å². The van der Waals surface area contributed by atoms with Gasteiger partial charge in [-0.25, -0.2) is 4.79 Å². The Balaban J connectivity index is 1.80. The maximum Gasteiger partial charge on any atom is 0.337 e. The average Bonchev–Trinajstić information content (AvgIpc) is 2.80. The molecule has 5 nitrogen and oxygen atoms in total. The standard InChI is InChI=1S/C25H18Cl2O5/c1-14-11-21-18(12-20(14)27)22(28)24(23(32-21)17-5-3-4-6-19(17)26)31-13-15-7-9-16(10-8-15)25(29)30-2/h3-12H,13H2,1-2H3. The van der Waals surface area contributed by atoms with Gasteiger partial charge in [0.15, 0.2) is 5.76 Å². The highest BCUT2D eigenvalue weighted by Crippen LogP contribution is 2.36. The Hall–Kier alpha value is -3.28. The molecule has 0 spiro atoms. The topological polar surface area (TPSA) is 65.7 Å². The van der Waals surface area contributed by atoms with Crippen molar-refractivity contribution in [1.82, 2.24) is 0 Å². The van der Waals surface area contributed by atoms with Crippen LogP contribution >= 0.6 is 23.2 Å². The lowest BCUT2D eigenvalue weighted by Crippen LogP contribution is -2.11. The molecule has 0 unspecified atom stereocenters. The van der Waals surface area contributed by atoms with Crippen LogP contribution in [-0.2, 0) is 11.3 Å². The third-order valence-corrected chi connectivity index (χ3v) is 5.74. The number of fused-ring (bicyclic) bond motifs is 1. The maximum atomic E-state index is 13.4. The van der Waals surface area contributed by atoms with Gasteiger partial charge in [-0.1, -0.05) is 47.5 Å². The SMILES string of the molecule is COC(=O)c1ccc(COc2c(-c3ccccc3Cl)oc3cc(C)c(Cl)cc3c2=O)cc1. The molecule has 0 aliphatic carbocycles. The minimum absolute atomic E-state index is 0.0302. The van der Waals surface area contributed by atoms with Crippen LogP contribution in [0.1, 0.15) is 21.5 Å². The van der Waals surface area contributed by atoms with Crippen molar-refractivity contribution in [1.29, 1.82) is 0 Å². The number of methoxy groups -OCH3 is 1. The number of carbonyl (C=O) groups excluding carboxylic acids is 1. The minimum Gasteiger partial charge on any atom is -0.481 e. The Labute approximate surface area is 194 Å². The van der Waals surface area contributed by atoms with Gasteiger partial charge in [-0.15, -0.1) is 0 Å². The fourth-order valence-corrected chi connectivity index (χ4v) is 3.65. The van der Waals surface area contributed by atoms with Gasteiger partial charge in [-0.2, -0.15) is 0 Å². The van der Waals surface area contributed by atoms with Gasteiger partial charge >= 0.3 is 5.97 Å². The van der Waals surface area contributed by atoms with Gasteiger partial charge < -0.3 is 13.9 Å². The molecule has 0 bridgehead atoms. The quantitative estimate of drug-likeness (QED) is 0.315. The van der Waals surface area contributed by atoms with Crippen LogP contribution in [0.3, 0.4) is 0 Å². The molecule has 0 radical (unpaired) electrons. The van der Waals surface area contributed by atoms with E-state index in [-0.39, 0.29) is 23.5 Å². The summed E-state index contributed by atoms with van der Waals surface area (Å²) in [6, 6.07) is 17.1. The van der Waals surface area contributed by atoms with Crippen molar-refractivity contribution >= 4 is 40.1 Å². The smallest absolute Gasteiger partial charge is 0.337 e. The molecule has 1 heterocycles. The van der Waals surface area contributed by atoms with Crippen molar-refractivity contribution < 1.29 is 18.7 Å². The summed E-state index contributed by atoms with van der Waals surface area (Å²) < 4.78 is 16.8. The molecule has 0 atom stereocenters. The van der Waals surface area contributed by atoms with Crippen molar-refractivity contribution in [2.75, 3.05) is 7.11 Å². The predicted molar refractivity (Wildman–Crippen MR) is 125 cm³/mol. The highest BCUT2D eigenvalue weighted by atomic mass is 35.5. The Morgan fingerprint density at radius 1 is 1.00 bits per heavy atom. The summed E-state index contributed by atoms with van der Waals surface area (Å²) in [7, 11) is 1.32. The molecule has 0 aliphatic rings. The third-order valence-electron chi connectivity index (χ3n) is 5.01. The molecule has 7 heteroatoms. The number of carbonyl (C=O) groups is 1. The van der Waals surface area contributed by atoms with Gasteiger partial charge in [0.1, 0.15) is 12.2 Å². The second kappa shape index (κ2) is 9.07. The first-order valence-electron chi connectivity index (χ1n) is 9.71. The van der Waals surface area contributed by atoms with Crippen LogP contribution in [-0.4, -0.2) is 13.1 Å². The first-order valence-corrected chi connectivity index (χ1v) is 10.5. The van der Waals surface area contributed by atoms with E-state index < -0.39 is 5.97 Å². The van der Waals surface area contributed by atoms with Gasteiger partial charge in [0.2, 0.25) is 11.2 Å². The zero-order valence-corrected chi connectivity index (χ0v) is 18.8. The van der Waals surface area contributed by atoms with E-state index in [2.05, 4.69) is 0 Å². The Kier molecular flexibility index (Phi) is 6.21. The van der Waals surface area contributed by atoms with Crippen LogP contribution in [0.25, 0.3) is 22.3 Å². The van der Waals surface area contributed by atoms with E-state index >= 15 is 0 Å². The van der Waals surface area contributed by atoms with Crippen LogP contribution in [0.5, 0.6) is 5.75 Å². The molecule has 0 saturated carbocycles. The summed E-state index contributed by atoms with van der Waals surface area (Å²) in [5.41, 5.74) is 2.53. The van der Waals surface area contributed by atoms with E-state index in [0.29, 0.717) is 32.1 Å². The van der Waals surface area contributed by atoms with Crippen molar-refractivity contribution in [2.45, 2.75) is 13.5 Å². The van der Waals surface area contributed by atoms with Gasteiger partial charge in [-0.05, 0) is 54.4 Å². The number of esters is 1. The lowest BCUT2D eigenvalue weighted by Gasteiger charge is -2.13. The molecule has 162 valence electrons. The summed E-state index contributed by atoms with van der Waals surface area (Å²) in [5, 5.41) is 1.19. The van der Waals surface area contributed by atoms with Crippen molar-refractivity contribution in [3.8, 4) is 17.1 Å². The zero-order valence-electron chi connectivity index (χ0n) is 17.3. The number of aryl methyl sites for hydroxylation is 1. The van der Waals surface area contributed by atoms with E-state index in [1.54, 1.807) is 60.7 Å². The predicted octanol–water partition coefficient (Wildman–Crippen LogP) is 6.44. The molecule has 0 saturated heterocycles. The van der Waals surface area contributed by atoms with E-state index in [1.807, 2.05) is 6.92 Å². The largest absolute Gasteiger partial charge is 0.481 e. The average molecular weight is 469 g/mol. The van der Waals surface area contributed by atoms with Crippen LogP contribution in [0.15, 0.2) is 69.9 Å². The van der Waals surface area contributed by atoms with Gasteiger partial charge in [0.25, 0.3) is 0 Å². The van der Waals surface area contributed by atoms with Crippen LogP contribution in [0, 0.1) is 6.92 Å². The highest BCUT2D eigenvalue weighted by Gasteiger charge is 2.20. The molecule has 4 aromatic rings. The lowest BCUT2D eigenvalue weighted by atomic mass is 10.1. The molecule has 0 aliphatic heterocycles. The summed E-state index contributed by atoms with van der Waals surface area (Å²) in [6.07, 6.45) is 0. The van der Waals surface area contributed by atoms with Gasteiger partial charge in [0, 0.05) is 10.6 Å². The zero-order chi connectivity index (χ0) is 22.8. The first kappa shape index (κ1) is 21.9. The summed E-state index contributed by atoms with van der Waals surface area (Å²) >= 11 is 12.6. The molecule has 0 fully saturated rings. The fourth-order valence-electron chi connectivity index (χ4n) is 3.26. The Morgan fingerprint density at radius 3 is 2.41 bits per heavy atom. The Bertz CT molecular complexity index is 1370. The third kappa shape index (κ3) is 4.22. The van der Waals surface area contributed by atoms with Crippen molar-refractivity contribution in [2.24, 2.45) is 0 Å². The number of ether oxygens (including phenoxy) is 2. The molecule has 0 amide bonds. The van der Waals surface area contributed by atoms with E-state index in [9.17, 15) is 9.59 Å². The highest BCUT2D eigenvalue weighted by molar-refractivity contribution is 6.33. The van der Waals surface area contributed by atoms with Crippen molar-refractivity contribution in [3.05, 3.63) is 97.6 Å². The molecule has 1 aromatic heterocycles. The molecule has 3 aromatic carbocycles. The molecule has 0 N–H and O–H groups in total. The van der Waals surface area contributed by atoms with Crippen molar-refractivity contribution in [3.63, 3.8) is 0 Å². The summed E-state index contributed by atoms with van der Waals surface area (Å²) in [5.74, 6) is -0.163. The monoisotopic (exact) mass is 468 g/mol. The number of hydrogen-bond donors (Lipinski definition) is 0.